The molecule has 19 heavy (non-hydrogen) atoms. The summed E-state index contributed by atoms with van der Waals surface area (Å²) in [6, 6.07) is 6.53. The smallest absolute Gasteiger partial charge is 0.182 e. The lowest BCUT2D eigenvalue weighted by Crippen LogP contribution is -2.40. The van der Waals surface area contributed by atoms with E-state index in [2.05, 4.69) is 12.2 Å². The average Bonchev–Trinajstić information content (AvgIpc) is 2.43. The van der Waals surface area contributed by atoms with Gasteiger partial charge in [0.1, 0.15) is 5.75 Å². The number of benzene rings is 1. The summed E-state index contributed by atoms with van der Waals surface area (Å²) in [6.45, 7) is 6.51. The Kier molecular flexibility index (Phi) is 5.82. The van der Waals surface area contributed by atoms with Crippen molar-refractivity contribution in [1.29, 1.82) is 0 Å². The molecule has 0 heterocycles. The van der Waals surface area contributed by atoms with E-state index in [4.69, 9.17) is 4.74 Å². The topological polar surface area (TPSA) is 55.4 Å². The molecule has 4 nitrogen and oxygen atoms in total. The van der Waals surface area contributed by atoms with Crippen LogP contribution in [0.2, 0.25) is 0 Å². The molecule has 2 atom stereocenters. The van der Waals surface area contributed by atoms with Crippen LogP contribution in [0.25, 0.3) is 0 Å². The molecule has 1 N–H and O–H groups in total. The van der Waals surface area contributed by atoms with E-state index in [1.165, 1.54) is 7.11 Å². The molecule has 0 bridgehead atoms. The number of ether oxygens (including phenoxy) is 1. The van der Waals surface area contributed by atoms with Gasteiger partial charge in [0.2, 0.25) is 0 Å². The van der Waals surface area contributed by atoms with Crippen LogP contribution in [0.1, 0.15) is 27.2 Å². The van der Waals surface area contributed by atoms with Gasteiger partial charge in [-0.2, -0.15) is 0 Å². The highest BCUT2D eigenvalue weighted by Gasteiger charge is 2.28. The maximum absolute atomic E-state index is 12.5. The Labute approximate surface area is 116 Å². The molecule has 1 rings (SSSR count). The molecule has 0 aliphatic rings. The van der Waals surface area contributed by atoms with Crippen molar-refractivity contribution in [2.45, 2.75) is 43.4 Å². The summed E-state index contributed by atoms with van der Waals surface area (Å²) in [5.74, 6) is 0.558. The largest absolute Gasteiger partial charge is 0.497 e. The van der Waals surface area contributed by atoms with Gasteiger partial charge in [0.25, 0.3) is 0 Å². The van der Waals surface area contributed by atoms with Gasteiger partial charge in [-0.15, -0.1) is 0 Å². The van der Waals surface area contributed by atoms with Gasteiger partial charge in [-0.05, 0) is 45.0 Å². The Morgan fingerprint density at radius 1 is 1.32 bits per heavy atom. The van der Waals surface area contributed by atoms with E-state index in [1.54, 1.807) is 31.2 Å². The van der Waals surface area contributed by atoms with Crippen molar-refractivity contribution in [3.8, 4) is 5.75 Å². The number of hydrogen-bond acceptors (Lipinski definition) is 4. The second-order valence-corrected chi connectivity index (χ2v) is 6.98. The van der Waals surface area contributed by atoms with Crippen LogP contribution in [-0.4, -0.2) is 33.4 Å². The third-order valence-corrected chi connectivity index (χ3v) is 5.58. The lowest BCUT2D eigenvalue weighted by molar-refractivity contribution is 0.413. The maximum Gasteiger partial charge on any atom is 0.182 e. The molecule has 0 aliphatic heterocycles. The summed E-state index contributed by atoms with van der Waals surface area (Å²) in [6.07, 6.45) is 0.982. The van der Waals surface area contributed by atoms with Gasteiger partial charge in [-0.3, -0.25) is 0 Å². The standard InChI is InChI=1S/C14H23NO3S/c1-5-9-15-11(2)12(3)19(16,17)14-8-6-7-13(10-14)18-4/h6-8,10-12,15H,5,9H2,1-4H3. The average molecular weight is 285 g/mol. The molecule has 0 amide bonds. The van der Waals surface area contributed by atoms with Crippen LogP contribution in [0.4, 0.5) is 0 Å². The summed E-state index contributed by atoms with van der Waals surface area (Å²) in [4.78, 5) is 0.310. The summed E-state index contributed by atoms with van der Waals surface area (Å²) < 4.78 is 30.1. The minimum atomic E-state index is -3.34. The predicted octanol–water partition coefficient (Wildman–Crippen LogP) is 2.25. The highest BCUT2D eigenvalue weighted by Crippen LogP contribution is 2.22. The van der Waals surface area contributed by atoms with Crippen LogP contribution in [0.5, 0.6) is 5.75 Å². The SMILES string of the molecule is CCCNC(C)C(C)S(=O)(=O)c1cccc(OC)c1. The maximum atomic E-state index is 12.5. The predicted molar refractivity (Wildman–Crippen MR) is 77.4 cm³/mol. The van der Waals surface area contributed by atoms with Crippen molar-refractivity contribution in [3.63, 3.8) is 0 Å². The normalized spacial score (nSPS) is 14.9. The molecule has 0 aromatic heterocycles. The van der Waals surface area contributed by atoms with Crippen LogP contribution >= 0.6 is 0 Å². The first-order chi connectivity index (χ1) is 8.93. The van der Waals surface area contributed by atoms with Crippen molar-refractivity contribution in [1.82, 2.24) is 5.32 Å². The Hall–Kier alpha value is -1.07. The van der Waals surface area contributed by atoms with Gasteiger partial charge in [0.15, 0.2) is 9.84 Å². The van der Waals surface area contributed by atoms with Crippen LogP contribution in [0.15, 0.2) is 29.2 Å². The first kappa shape index (κ1) is 16.0. The third kappa shape index (κ3) is 3.94. The zero-order valence-corrected chi connectivity index (χ0v) is 12.8. The monoisotopic (exact) mass is 285 g/mol. The number of nitrogens with one attached hydrogen (secondary N) is 1. The molecule has 2 unspecified atom stereocenters. The Morgan fingerprint density at radius 2 is 2.00 bits per heavy atom. The van der Waals surface area contributed by atoms with E-state index < -0.39 is 15.1 Å². The van der Waals surface area contributed by atoms with Gasteiger partial charge in [0.05, 0.1) is 17.3 Å². The zero-order chi connectivity index (χ0) is 14.5. The summed E-state index contributed by atoms with van der Waals surface area (Å²) in [5.41, 5.74) is 0. The molecule has 0 aliphatic carbocycles. The fourth-order valence-electron chi connectivity index (χ4n) is 1.80. The van der Waals surface area contributed by atoms with Gasteiger partial charge < -0.3 is 10.1 Å². The quantitative estimate of drug-likeness (QED) is 0.835. The lowest BCUT2D eigenvalue weighted by atomic mass is 10.2. The molecule has 0 fully saturated rings. The summed E-state index contributed by atoms with van der Waals surface area (Å²) in [5, 5.41) is 2.75. The summed E-state index contributed by atoms with van der Waals surface area (Å²) >= 11 is 0. The lowest BCUT2D eigenvalue weighted by Gasteiger charge is -2.21. The highest BCUT2D eigenvalue weighted by molar-refractivity contribution is 7.92. The Morgan fingerprint density at radius 3 is 2.58 bits per heavy atom. The van der Waals surface area contributed by atoms with Crippen molar-refractivity contribution >= 4 is 9.84 Å². The van der Waals surface area contributed by atoms with Gasteiger partial charge >= 0.3 is 0 Å². The first-order valence-electron chi connectivity index (χ1n) is 6.54. The number of sulfone groups is 1. The Bertz CT molecular complexity index is 499. The van der Waals surface area contributed by atoms with Gasteiger partial charge in [0, 0.05) is 6.04 Å². The van der Waals surface area contributed by atoms with E-state index in [-0.39, 0.29) is 6.04 Å². The fourth-order valence-corrected chi connectivity index (χ4v) is 3.41. The van der Waals surface area contributed by atoms with Crippen molar-refractivity contribution in [2.75, 3.05) is 13.7 Å². The van der Waals surface area contributed by atoms with E-state index in [1.807, 2.05) is 6.92 Å². The first-order valence-corrected chi connectivity index (χ1v) is 8.09. The van der Waals surface area contributed by atoms with Crippen LogP contribution in [-0.2, 0) is 9.84 Å². The molecular weight excluding hydrogens is 262 g/mol. The molecule has 1 aromatic carbocycles. The Balaban J connectivity index is 2.95. The highest BCUT2D eigenvalue weighted by atomic mass is 32.2. The van der Waals surface area contributed by atoms with E-state index >= 15 is 0 Å². The minimum absolute atomic E-state index is 0.0869. The van der Waals surface area contributed by atoms with E-state index in [0.29, 0.717) is 10.6 Å². The second kappa shape index (κ2) is 6.91. The summed E-state index contributed by atoms with van der Waals surface area (Å²) in [7, 11) is -1.82. The molecule has 0 radical (unpaired) electrons. The van der Waals surface area contributed by atoms with Crippen molar-refractivity contribution in [2.24, 2.45) is 0 Å². The molecule has 108 valence electrons. The molecule has 0 saturated heterocycles. The number of methoxy groups -OCH3 is 1. The van der Waals surface area contributed by atoms with Gasteiger partial charge in [-0.25, -0.2) is 8.42 Å². The van der Waals surface area contributed by atoms with Crippen molar-refractivity contribution < 1.29 is 13.2 Å². The zero-order valence-electron chi connectivity index (χ0n) is 12.0. The second-order valence-electron chi connectivity index (χ2n) is 4.67. The van der Waals surface area contributed by atoms with Gasteiger partial charge in [-0.1, -0.05) is 13.0 Å². The van der Waals surface area contributed by atoms with Crippen LogP contribution < -0.4 is 10.1 Å². The molecule has 5 heteroatoms. The van der Waals surface area contributed by atoms with E-state index in [9.17, 15) is 8.42 Å². The van der Waals surface area contributed by atoms with Crippen molar-refractivity contribution in [3.05, 3.63) is 24.3 Å². The van der Waals surface area contributed by atoms with Crippen LogP contribution in [0, 0.1) is 0 Å². The van der Waals surface area contributed by atoms with E-state index in [0.717, 1.165) is 13.0 Å². The van der Waals surface area contributed by atoms with Crippen LogP contribution in [0.3, 0.4) is 0 Å². The molecule has 1 aromatic rings. The fraction of sp³-hybridized carbons (Fsp3) is 0.571. The molecule has 0 saturated carbocycles. The minimum Gasteiger partial charge on any atom is -0.497 e. The third-order valence-electron chi connectivity index (χ3n) is 3.28. The molecular formula is C14H23NO3S. The number of rotatable bonds is 7. The molecule has 0 spiro atoms. The number of hydrogen-bond donors (Lipinski definition) is 1.